The molecular formula is C27H33N5O2. The van der Waals surface area contributed by atoms with Crippen molar-refractivity contribution in [2.45, 2.75) is 45.7 Å². The second-order valence-electron chi connectivity index (χ2n) is 9.57. The first-order valence-electron chi connectivity index (χ1n) is 11.8. The first-order chi connectivity index (χ1) is 16.3. The molecule has 1 aliphatic heterocycles. The maximum Gasteiger partial charge on any atom is 0.259 e. The zero-order valence-electron chi connectivity index (χ0n) is 20.3. The van der Waals surface area contributed by atoms with Gasteiger partial charge in [0, 0.05) is 36.8 Å². The van der Waals surface area contributed by atoms with E-state index in [4.69, 9.17) is 9.72 Å². The van der Waals surface area contributed by atoms with Gasteiger partial charge in [0.05, 0.1) is 12.6 Å². The average Bonchev–Trinajstić information content (AvgIpc) is 3.29. The Morgan fingerprint density at radius 3 is 2.71 bits per heavy atom. The van der Waals surface area contributed by atoms with Gasteiger partial charge in [0.1, 0.15) is 11.6 Å². The summed E-state index contributed by atoms with van der Waals surface area (Å²) < 4.78 is 5.61. The van der Waals surface area contributed by atoms with Gasteiger partial charge in [-0.15, -0.1) is 0 Å². The molecule has 4 rings (SSSR count). The number of fused-ring (bicyclic) bond motifs is 1. The summed E-state index contributed by atoms with van der Waals surface area (Å²) in [6.07, 6.45) is 2.51. The van der Waals surface area contributed by atoms with Gasteiger partial charge in [-0.25, -0.2) is 4.98 Å². The number of nitrogens with one attached hydrogen (secondary N) is 2. The Bertz CT molecular complexity index is 1130. The number of carbonyl (C=O) groups excluding carboxylic acids is 1. The van der Waals surface area contributed by atoms with Crippen LogP contribution < -0.4 is 20.3 Å². The standard InChI is InChI=1S/C27H33N5O2/c1-19(20-8-6-5-7-9-20)30-26-28-14-12-24(31-26)32(16-15-29-27(2,3)4)25(33)22-10-11-23-21(18-22)13-17-34-23/h5-12,14,18-19,29H,13,15-17H2,1-4H3,(H,28,30,31)/t19-/m0/s1. The van der Waals surface area contributed by atoms with E-state index in [9.17, 15) is 4.79 Å². The van der Waals surface area contributed by atoms with E-state index >= 15 is 0 Å². The van der Waals surface area contributed by atoms with E-state index in [0.717, 1.165) is 23.3 Å². The number of amides is 1. The molecule has 34 heavy (non-hydrogen) atoms. The lowest BCUT2D eigenvalue weighted by molar-refractivity contribution is 0.0985. The monoisotopic (exact) mass is 459 g/mol. The molecule has 1 amide bonds. The summed E-state index contributed by atoms with van der Waals surface area (Å²) in [6.45, 7) is 10.2. The maximum absolute atomic E-state index is 13.6. The Balaban J connectivity index is 1.58. The Labute approximate surface area is 201 Å². The van der Waals surface area contributed by atoms with Gasteiger partial charge in [-0.3, -0.25) is 9.69 Å². The third-order valence-electron chi connectivity index (χ3n) is 5.73. The molecule has 1 atom stereocenters. The smallest absolute Gasteiger partial charge is 0.259 e. The van der Waals surface area contributed by atoms with Crippen molar-refractivity contribution in [3.05, 3.63) is 77.5 Å². The van der Waals surface area contributed by atoms with Crippen LogP contribution in [-0.2, 0) is 6.42 Å². The summed E-state index contributed by atoms with van der Waals surface area (Å²) in [5.74, 6) is 1.82. The highest BCUT2D eigenvalue weighted by Crippen LogP contribution is 2.27. The van der Waals surface area contributed by atoms with Gasteiger partial charge in [0.2, 0.25) is 5.95 Å². The molecule has 7 nitrogen and oxygen atoms in total. The Morgan fingerprint density at radius 2 is 1.94 bits per heavy atom. The Morgan fingerprint density at radius 1 is 1.15 bits per heavy atom. The number of rotatable bonds is 8. The molecule has 0 aliphatic carbocycles. The zero-order chi connectivity index (χ0) is 24.1. The van der Waals surface area contributed by atoms with E-state index < -0.39 is 0 Å². The second-order valence-corrected chi connectivity index (χ2v) is 9.57. The van der Waals surface area contributed by atoms with E-state index in [2.05, 4.69) is 55.4 Å². The van der Waals surface area contributed by atoms with E-state index in [1.807, 2.05) is 36.4 Å². The quantitative estimate of drug-likeness (QED) is 0.512. The van der Waals surface area contributed by atoms with E-state index in [-0.39, 0.29) is 17.5 Å². The molecule has 3 aromatic rings. The summed E-state index contributed by atoms with van der Waals surface area (Å²) in [5, 5.41) is 6.82. The van der Waals surface area contributed by atoms with Crippen LogP contribution in [0.3, 0.4) is 0 Å². The molecular weight excluding hydrogens is 426 g/mol. The number of ether oxygens (including phenoxy) is 1. The van der Waals surface area contributed by atoms with Crippen LogP contribution >= 0.6 is 0 Å². The number of aromatic nitrogens is 2. The molecule has 0 bridgehead atoms. The summed E-state index contributed by atoms with van der Waals surface area (Å²) in [5.41, 5.74) is 2.79. The van der Waals surface area contributed by atoms with Crippen LogP contribution in [0, 0.1) is 0 Å². The highest BCUT2D eigenvalue weighted by Gasteiger charge is 2.23. The van der Waals surface area contributed by atoms with Crippen molar-refractivity contribution in [2.75, 3.05) is 29.9 Å². The van der Waals surface area contributed by atoms with Gasteiger partial charge in [0.15, 0.2) is 0 Å². The van der Waals surface area contributed by atoms with Crippen LogP contribution in [0.2, 0.25) is 0 Å². The number of benzene rings is 2. The Hall–Kier alpha value is -3.45. The molecule has 0 unspecified atom stereocenters. The van der Waals surface area contributed by atoms with Crippen LogP contribution in [0.25, 0.3) is 0 Å². The molecule has 2 heterocycles. The molecule has 7 heteroatoms. The van der Waals surface area contributed by atoms with Crippen molar-refractivity contribution in [3.8, 4) is 5.75 Å². The fourth-order valence-corrected chi connectivity index (χ4v) is 3.93. The zero-order valence-corrected chi connectivity index (χ0v) is 20.3. The largest absolute Gasteiger partial charge is 0.493 e. The van der Waals surface area contributed by atoms with Crippen molar-refractivity contribution in [3.63, 3.8) is 0 Å². The van der Waals surface area contributed by atoms with E-state index in [0.29, 0.717) is 37.0 Å². The lowest BCUT2D eigenvalue weighted by Gasteiger charge is -2.26. The maximum atomic E-state index is 13.6. The lowest BCUT2D eigenvalue weighted by Crippen LogP contribution is -2.43. The van der Waals surface area contributed by atoms with Gasteiger partial charge in [0.25, 0.3) is 5.91 Å². The van der Waals surface area contributed by atoms with Crippen LogP contribution in [-0.4, -0.2) is 41.1 Å². The minimum absolute atomic E-state index is 0.0277. The second kappa shape index (κ2) is 10.2. The fraction of sp³-hybridized carbons (Fsp3) is 0.370. The normalized spacial score (nSPS) is 13.6. The first kappa shape index (κ1) is 23.7. The van der Waals surface area contributed by atoms with Crippen LogP contribution in [0.4, 0.5) is 11.8 Å². The van der Waals surface area contributed by atoms with Gasteiger partial charge in [-0.1, -0.05) is 30.3 Å². The fourth-order valence-electron chi connectivity index (χ4n) is 3.93. The first-order valence-corrected chi connectivity index (χ1v) is 11.8. The summed E-state index contributed by atoms with van der Waals surface area (Å²) in [7, 11) is 0. The van der Waals surface area contributed by atoms with Crippen molar-refractivity contribution >= 4 is 17.7 Å². The molecule has 0 radical (unpaired) electrons. The Kier molecular flexibility index (Phi) is 7.12. The summed E-state index contributed by atoms with van der Waals surface area (Å²) >= 11 is 0. The number of nitrogens with zero attached hydrogens (tertiary/aromatic N) is 3. The van der Waals surface area contributed by atoms with Gasteiger partial charge < -0.3 is 15.4 Å². The average molecular weight is 460 g/mol. The molecule has 2 aromatic carbocycles. The molecule has 0 spiro atoms. The van der Waals surface area contributed by atoms with Crippen molar-refractivity contribution in [2.24, 2.45) is 0 Å². The molecule has 2 N–H and O–H groups in total. The number of hydrogen-bond donors (Lipinski definition) is 2. The SMILES string of the molecule is C[C@H](Nc1nccc(N(CCNC(C)(C)C)C(=O)c2ccc3c(c2)CCO3)n1)c1ccccc1. The van der Waals surface area contributed by atoms with Crippen LogP contribution in [0.5, 0.6) is 5.75 Å². The van der Waals surface area contributed by atoms with Crippen molar-refractivity contribution < 1.29 is 9.53 Å². The van der Waals surface area contributed by atoms with Crippen LogP contribution in [0.1, 0.15) is 55.2 Å². The van der Waals surface area contributed by atoms with Crippen LogP contribution in [0.15, 0.2) is 60.8 Å². The summed E-state index contributed by atoms with van der Waals surface area (Å²) in [6, 6.07) is 17.6. The molecule has 0 fully saturated rings. The third-order valence-corrected chi connectivity index (χ3v) is 5.73. The molecule has 1 aromatic heterocycles. The van der Waals surface area contributed by atoms with Gasteiger partial charge in [-0.2, -0.15) is 4.98 Å². The topological polar surface area (TPSA) is 79.4 Å². The third kappa shape index (κ3) is 5.91. The molecule has 1 aliphatic rings. The van der Waals surface area contributed by atoms with E-state index in [1.54, 1.807) is 17.2 Å². The molecule has 0 saturated heterocycles. The summed E-state index contributed by atoms with van der Waals surface area (Å²) in [4.78, 5) is 24.4. The van der Waals surface area contributed by atoms with Gasteiger partial charge in [-0.05, 0) is 63.1 Å². The van der Waals surface area contributed by atoms with Crippen molar-refractivity contribution in [1.82, 2.24) is 15.3 Å². The number of anilines is 2. The highest BCUT2D eigenvalue weighted by atomic mass is 16.5. The van der Waals surface area contributed by atoms with Crippen molar-refractivity contribution in [1.29, 1.82) is 0 Å². The predicted octanol–water partition coefficient (Wildman–Crippen LogP) is 4.62. The number of hydrogen-bond acceptors (Lipinski definition) is 6. The lowest BCUT2D eigenvalue weighted by atomic mass is 10.1. The molecule has 178 valence electrons. The minimum atomic E-state index is -0.0915. The minimum Gasteiger partial charge on any atom is -0.493 e. The number of carbonyl (C=O) groups is 1. The van der Waals surface area contributed by atoms with E-state index in [1.165, 1.54) is 0 Å². The van der Waals surface area contributed by atoms with Gasteiger partial charge >= 0.3 is 0 Å². The highest BCUT2D eigenvalue weighted by molar-refractivity contribution is 6.05. The molecule has 0 saturated carbocycles. The predicted molar refractivity (Wildman–Crippen MR) is 136 cm³/mol.